The number of hydrogen-bond acceptors (Lipinski definition) is 2. The van der Waals surface area contributed by atoms with Gasteiger partial charge in [0.05, 0.1) is 0 Å². The van der Waals surface area contributed by atoms with Crippen molar-refractivity contribution in [2.75, 3.05) is 13.1 Å². The van der Waals surface area contributed by atoms with Crippen molar-refractivity contribution in [3.8, 4) is 0 Å². The van der Waals surface area contributed by atoms with Crippen molar-refractivity contribution in [1.82, 2.24) is 4.90 Å². The van der Waals surface area contributed by atoms with Crippen LogP contribution in [0, 0.1) is 17.8 Å². The van der Waals surface area contributed by atoms with Gasteiger partial charge in [-0.3, -0.25) is 9.59 Å². The Balaban J connectivity index is 0.00000144. The van der Waals surface area contributed by atoms with Gasteiger partial charge in [-0.2, -0.15) is 0 Å². The van der Waals surface area contributed by atoms with E-state index in [0.29, 0.717) is 11.8 Å². The lowest BCUT2D eigenvalue weighted by Gasteiger charge is -2.22. The highest BCUT2D eigenvalue weighted by atomic mass is 16.4. The van der Waals surface area contributed by atoms with Crippen LogP contribution < -0.4 is 0 Å². The zero-order valence-corrected chi connectivity index (χ0v) is 10.7. The molecule has 6 heteroatoms. The summed E-state index contributed by atoms with van der Waals surface area (Å²) in [7, 11) is 0. The van der Waals surface area contributed by atoms with E-state index in [0.717, 1.165) is 13.1 Å². The first-order chi connectivity index (χ1) is 7.59. The van der Waals surface area contributed by atoms with Gasteiger partial charge in [0.1, 0.15) is 5.92 Å². The van der Waals surface area contributed by atoms with Crippen molar-refractivity contribution in [3.63, 3.8) is 0 Å². The molecule has 18 heavy (non-hydrogen) atoms. The second kappa shape index (κ2) is 6.70. The lowest BCUT2D eigenvalue weighted by molar-refractivity contribution is -0.149. The smallest absolute Gasteiger partial charge is 0.315 e. The van der Waals surface area contributed by atoms with Crippen molar-refractivity contribution in [1.29, 1.82) is 0 Å². The molecule has 2 aliphatic rings. The van der Waals surface area contributed by atoms with Crippen LogP contribution in [-0.4, -0.2) is 45.9 Å². The molecule has 0 aromatic carbocycles. The standard InChI is InChI=1S/C12H19NO3.2H2O/c1-8(12(15)16)11(14)13-6-9-4-2-3-5-10(9)7-13;;/h8-10H,2-7H2,1H3,(H,15,16);2*1H2/t8?,9-,10+;;. The van der Waals surface area contributed by atoms with Crippen LogP contribution in [0.3, 0.4) is 0 Å². The minimum absolute atomic E-state index is 0. The third-order valence-electron chi connectivity index (χ3n) is 4.03. The normalized spacial score (nSPS) is 27.5. The highest BCUT2D eigenvalue weighted by Gasteiger charge is 2.38. The Hall–Kier alpha value is -1.14. The second-order valence-corrected chi connectivity index (χ2v) is 5.11. The molecule has 1 saturated carbocycles. The first-order valence-corrected chi connectivity index (χ1v) is 6.11. The second-order valence-electron chi connectivity index (χ2n) is 5.11. The molecular formula is C12H23NO5. The number of carbonyl (C=O) groups excluding carboxylic acids is 1. The topological polar surface area (TPSA) is 121 Å². The van der Waals surface area contributed by atoms with Gasteiger partial charge < -0.3 is 21.0 Å². The number of aliphatic carboxylic acids is 1. The van der Waals surface area contributed by atoms with Crippen LogP contribution in [-0.2, 0) is 9.59 Å². The largest absolute Gasteiger partial charge is 0.481 e. The van der Waals surface area contributed by atoms with Gasteiger partial charge in [0, 0.05) is 13.1 Å². The number of fused-ring (bicyclic) bond motifs is 1. The Morgan fingerprint density at radius 3 is 1.94 bits per heavy atom. The monoisotopic (exact) mass is 261 g/mol. The molecule has 6 nitrogen and oxygen atoms in total. The fraction of sp³-hybridized carbons (Fsp3) is 0.833. The minimum atomic E-state index is -1.01. The number of amides is 1. The molecule has 3 atom stereocenters. The summed E-state index contributed by atoms with van der Waals surface area (Å²) in [5.41, 5.74) is 0. The highest BCUT2D eigenvalue weighted by Crippen LogP contribution is 2.36. The summed E-state index contributed by atoms with van der Waals surface area (Å²) in [5, 5.41) is 8.82. The molecule has 5 N–H and O–H groups in total. The Kier molecular flexibility index (Phi) is 6.28. The lowest BCUT2D eigenvalue weighted by Crippen LogP contribution is -2.36. The molecular weight excluding hydrogens is 238 g/mol. The van der Waals surface area contributed by atoms with Crippen molar-refractivity contribution >= 4 is 11.9 Å². The summed E-state index contributed by atoms with van der Waals surface area (Å²) in [4.78, 5) is 24.4. The van der Waals surface area contributed by atoms with Gasteiger partial charge in [-0.05, 0) is 31.6 Å². The first-order valence-electron chi connectivity index (χ1n) is 6.11. The summed E-state index contributed by atoms with van der Waals surface area (Å²) < 4.78 is 0. The molecule has 2 rings (SSSR count). The molecule has 1 saturated heterocycles. The summed E-state index contributed by atoms with van der Waals surface area (Å²) in [5.74, 6) is -0.862. The maximum absolute atomic E-state index is 11.9. The van der Waals surface area contributed by atoms with Gasteiger partial charge >= 0.3 is 5.97 Å². The number of nitrogens with zero attached hydrogens (tertiary/aromatic N) is 1. The minimum Gasteiger partial charge on any atom is -0.481 e. The van der Waals surface area contributed by atoms with E-state index in [9.17, 15) is 9.59 Å². The zero-order chi connectivity index (χ0) is 11.7. The summed E-state index contributed by atoms with van der Waals surface area (Å²) >= 11 is 0. The number of rotatable bonds is 2. The summed E-state index contributed by atoms with van der Waals surface area (Å²) in [6.45, 7) is 3.04. The van der Waals surface area contributed by atoms with Crippen LogP contribution in [0.25, 0.3) is 0 Å². The number of carboxylic acid groups (broad SMARTS) is 1. The predicted octanol–water partition coefficient (Wildman–Crippen LogP) is -0.294. The van der Waals surface area contributed by atoms with E-state index < -0.39 is 11.9 Å². The predicted molar refractivity (Wildman–Crippen MR) is 66.1 cm³/mol. The van der Waals surface area contributed by atoms with Crippen LogP contribution in [0.5, 0.6) is 0 Å². The molecule has 0 aromatic rings. The molecule has 1 unspecified atom stereocenters. The van der Waals surface area contributed by atoms with E-state index in [-0.39, 0.29) is 16.9 Å². The van der Waals surface area contributed by atoms with E-state index in [1.54, 1.807) is 4.90 Å². The maximum Gasteiger partial charge on any atom is 0.315 e. The zero-order valence-electron chi connectivity index (χ0n) is 10.7. The fourth-order valence-corrected chi connectivity index (χ4v) is 2.97. The third-order valence-corrected chi connectivity index (χ3v) is 4.03. The first kappa shape index (κ1) is 16.9. The van der Waals surface area contributed by atoms with E-state index in [4.69, 9.17) is 5.11 Å². The number of carbonyl (C=O) groups is 2. The van der Waals surface area contributed by atoms with Crippen LogP contribution >= 0.6 is 0 Å². The van der Waals surface area contributed by atoms with Crippen LogP contribution in [0.4, 0.5) is 0 Å². The van der Waals surface area contributed by atoms with Crippen LogP contribution in [0.1, 0.15) is 32.6 Å². The average molecular weight is 261 g/mol. The Labute approximate surface area is 107 Å². The summed E-state index contributed by atoms with van der Waals surface area (Å²) in [6, 6.07) is 0. The third kappa shape index (κ3) is 3.20. The van der Waals surface area contributed by atoms with Gasteiger partial charge in [-0.25, -0.2) is 0 Å². The molecule has 0 aromatic heterocycles. The lowest BCUT2D eigenvalue weighted by atomic mass is 9.82. The average Bonchev–Trinajstić information content (AvgIpc) is 2.70. The van der Waals surface area contributed by atoms with Gasteiger partial charge in [0.2, 0.25) is 5.91 Å². The molecule has 1 heterocycles. The van der Waals surface area contributed by atoms with E-state index in [1.165, 1.54) is 32.6 Å². The van der Waals surface area contributed by atoms with Crippen LogP contribution in [0.15, 0.2) is 0 Å². The Bertz CT molecular complexity index is 293. The molecule has 1 aliphatic heterocycles. The quantitative estimate of drug-likeness (QED) is 0.687. The van der Waals surface area contributed by atoms with Gasteiger partial charge in [-0.15, -0.1) is 0 Å². The molecule has 0 radical (unpaired) electrons. The van der Waals surface area contributed by atoms with Crippen LogP contribution in [0.2, 0.25) is 0 Å². The molecule has 106 valence electrons. The Morgan fingerprint density at radius 2 is 1.56 bits per heavy atom. The van der Waals surface area contributed by atoms with E-state index >= 15 is 0 Å². The highest BCUT2D eigenvalue weighted by molar-refractivity contribution is 5.96. The van der Waals surface area contributed by atoms with Gasteiger partial charge in [0.15, 0.2) is 0 Å². The Morgan fingerprint density at radius 1 is 1.11 bits per heavy atom. The SMILES string of the molecule is CC(C(=O)O)C(=O)N1C[C@H]2CCCC[C@H]2C1.O.O. The van der Waals surface area contributed by atoms with Crippen molar-refractivity contribution < 1.29 is 25.6 Å². The van der Waals surface area contributed by atoms with E-state index in [1.807, 2.05) is 0 Å². The van der Waals surface area contributed by atoms with E-state index in [2.05, 4.69) is 0 Å². The number of carboxylic acids is 1. The molecule has 1 amide bonds. The molecule has 2 fully saturated rings. The van der Waals surface area contributed by atoms with Crippen molar-refractivity contribution in [2.24, 2.45) is 17.8 Å². The fourth-order valence-electron chi connectivity index (χ4n) is 2.97. The van der Waals surface area contributed by atoms with Crippen molar-refractivity contribution in [2.45, 2.75) is 32.6 Å². The van der Waals surface area contributed by atoms with Crippen molar-refractivity contribution in [3.05, 3.63) is 0 Å². The van der Waals surface area contributed by atoms with Gasteiger partial charge in [-0.1, -0.05) is 12.8 Å². The van der Waals surface area contributed by atoms with Gasteiger partial charge in [0.25, 0.3) is 0 Å². The maximum atomic E-state index is 11.9. The molecule has 1 aliphatic carbocycles. The summed E-state index contributed by atoms with van der Waals surface area (Å²) in [6.07, 6.45) is 4.93. The molecule has 0 spiro atoms. The number of hydrogen-bond donors (Lipinski definition) is 1. The molecule has 0 bridgehead atoms. The number of likely N-dealkylation sites (tertiary alicyclic amines) is 1.